The summed E-state index contributed by atoms with van der Waals surface area (Å²) in [5, 5.41) is 2.80. The summed E-state index contributed by atoms with van der Waals surface area (Å²) in [6.07, 6.45) is 2.68. The average Bonchev–Trinajstić information content (AvgIpc) is 2.69. The number of nitrogens with zero attached hydrogens (tertiary/aromatic N) is 1. The predicted molar refractivity (Wildman–Crippen MR) is 109 cm³/mol. The van der Waals surface area contributed by atoms with Gasteiger partial charge in [-0.2, -0.15) is 4.31 Å². The van der Waals surface area contributed by atoms with Gasteiger partial charge in [-0.25, -0.2) is 8.42 Å². The van der Waals surface area contributed by atoms with Crippen molar-refractivity contribution in [3.05, 3.63) is 53.6 Å². The van der Waals surface area contributed by atoms with E-state index in [1.165, 1.54) is 23.5 Å². The Balaban J connectivity index is 1.93. The Morgan fingerprint density at radius 3 is 2.50 bits per heavy atom. The minimum Gasteiger partial charge on any atom is -0.495 e. The molecule has 1 aliphatic heterocycles. The number of nitrogens with one attached hydrogen (secondary N) is 1. The molecule has 0 unspecified atom stereocenters. The van der Waals surface area contributed by atoms with E-state index in [2.05, 4.69) is 5.32 Å². The highest BCUT2D eigenvalue weighted by Gasteiger charge is 2.33. The van der Waals surface area contributed by atoms with Crippen LogP contribution in [0.2, 0.25) is 0 Å². The third-order valence-corrected chi connectivity index (χ3v) is 7.10. The van der Waals surface area contributed by atoms with Gasteiger partial charge in [0, 0.05) is 23.8 Å². The van der Waals surface area contributed by atoms with Gasteiger partial charge in [-0.05, 0) is 57.0 Å². The lowest BCUT2D eigenvalue weighted by atomic mass is 10.1. The van der Waals surface area contributed by atoms with Crippen LogP contribution in [-0.2, 0) is 10.0 Å². The van der Waals surface area contributed by atoms with Gasteiger partial charge >= 0.3 is 0 Å². The van der Waals surface area contributed by atoms with Crippen LogP contribution in [0.15, 0.2) is 47.4 Å². The molecule has 150 valence electrons. The zero-order valence-electron chi connectivity index (χ0n) is 16.4. The molecule has 28 heavy (non-hydrogen) atoms. The highest BCUT2D eigenvalue weighted by molar-refractivity contribution is 7.89. The summed E-state index contributed by atoms with van der Waals surface area (Å²) in [6.45, 7) is 4.36. The molecule has 0 bridgehead atoms. The molecule has 3 rings (SSSR count). The Labute approximate surface area is 166 Å². The second-order valence-electron chi connectivity index (χ2n) is 7.15. The van der Waals surface area contributed by atoms with Crippen molar-refractivity contribution in [2.75, 3.05) is 19.0 Å². The van der Waals surface area contributed by atoms with E-state index in [1.54, 1.807) is 6.07 Å². The topological polar surface area (TPSA) is 75.7 Å². The number of rotatable bonds is 5. The number of aryl methyl sites for hydroxylation is 1. The predicted octanol–water partition coefficient (Wildman–Crippen LogP) is 3.82. The molecule has 1 N–H and O–H groups in total. The molecule has 2 aromatic carbocycles. The lowest BCUT2D eigenvalue weighted by Crippen LogP contribution is -2.42. The first-order valence-corrected chi connectivity index (χ1v) is 10.8. The van der Waals surface area contributed by atoms with Gasteiger partial charge in [0.15, 0.2) is 0 Å². The minimum absolute atomic E-state index is 0.0281. The Morgan fingerprint density at radius 1 is 1.14 bits per heavy atom. The van der Waals surface area contributed by atoms with Gasteiger partial charge in [-0.3, -0.25) is 4.79 Å². The Hall–Kier alpha value is -2.38. The van der Waals surface area contributed by atoms with Crippen molar-refractivity contribution in [2.24, 2.45) is 0 Å². The first kappa shape index (κ1) is 20.4. The van der Waals surface area contributed by atoms with Crippen molar-refractivity contribution >= 4 is 21.6 Å². The lowest BCUT2D eigenvalue weighted by molar-refractivity contribution is 0.102. The van der Waals surface area contributed by atoms with Crippen molar-refractivity contribution < 1.29 is 17.9 Å². The molecule has 0 aliphatic carbocycles. The molecule has 0 radical (unpaired) electrons. The molecule has 2 aromatic rings. The van der Waals surface area contributed by atoms with Crippen molar-refractivity contribution in [2.45, 2.75) is 44.0 Å². The van der Waals surface area contributed by atoms with Crippen LogP contribution in [0.25, 0.3) is 0 Å². The van der Waals surface area contributed by atoms with Crippen LogP contribution in [0.3, 0.4) is 0 Å². The molecule has 1 heterocycles. The molecule has 1 fully saturated rings. The maximum atomic E-state index is 13.3. The monoisotopic (exact) mass is 402 g/mol. The molecule has 0 aromatic heterocycles. The lowest BCUT2D eigenvalue weighted by Gasteiger charge is -2.32. The molecular weight excluding hydrogens is 376 g/mol. The maximum Gasteiger partial charge on any atom is 0.255 e. The van der Waals surface area contributed by atoms with Gasteiger partial charge in [-0.15, -0.1) is 0 Å². The van der Waals surface area contributed by atoms with Crippen LogP contribution in [-0.4, -0.2) is 38.3 Å². The van der Waals surface area contributed by atoms with Gasteiger partial charge in [0.25, 0.3) is 5.91 Å². The van der Waals surface area contributed by atoms with Crippen LogP contribution in [0.1, 0.15) is 42.1 Å². The Morgan fingerprint density at radius 2 is 1.86 bits per heavy atom. The SMILES string of the molecule is COc1ccc(C(=O)Nc2ccc(C)cc2)cc1S(=O)(=O)N1CCCC[C@@H]1C. The summed E-state index contributed by atoms with van der Waals surface area (Å²) < 4.78 is 33.3. The summed E-state index contributed by atoms with van der Waals surface area (Å²) >= 11 is 0. The average molecular weight is 403 g/mol. The fourth-order valence-corrected chi connectivity index (χ4v) is 5.30. The molecule has 6 nitrogen and oxygen atoms in total. The molecule has 0 spiro atoms. The second-order valence-corrected chi connectivity index (χ2v) is 9.01. The number of benzene rings is 2. The van der Waals surface area contributed by atoms with Crippen LogP contribution < -0.4 is 10.1 Å². The largest absolute Gasteiger partial charge is 0.495 e. The Bertz CT molecular complexity index is 955. The quantitative estimate of drug-likeness (QED) is 0.825. The van der Waals surface area contributed by atoms with Crippen molar-refractivity contribution in [3.8, 4) is 5.75 Å². The van der Waals surface area contributed by atoms with Gasteiger partial charge in [0.05, 0.1) is 7.11 Å². The molecule has 0 saturated carbocycles. The smallest absolute Gasteiger partial charge is 0.255 e. The summed E-state index contributed by atoms with van der Waals surface area (Å²) in [6, 6.07) is 11.8. The van der Waals surface area contributed by atoms with Gasteiger partial charge in [-0.1, -0.05) is 24.1 Å². The number of methoxy groups -OCH3 is 1. The summed E-state index contributed by atoms with van der Waals surface area (Å²) in [4.78, 5) is 12.7. The van der Waals surface area contributed by atoms with Crippen LogP contribution in [0.4, 0.5) is 5.69 Å². The molecular formula is C21H26N2O4S. The summed E-state index contributed by atoms with van der Waals surface area (Å²) in [5.41, 5.74) is 2.01. The first-order valence-electron chi connectivity index (χ1n) is 9.41. The van der Waals surface area contributed by atoms with E-state index < -0.39 is 10.0 Å². The number of carbonyl (C=O) groups excluding carboxylic acids is 1. The number of carbonyl (C=O) groups is 1. The highest BCUT2D eigenvalue weighted by atomic mass is 32.2. The zero-order chi connectivity index (χ0) is 20.3. The number of amides is 1. The minimum atomic E-state index is -3.76. The van der Waals surface area contributed by atoms with Gasteiger partial charge < -0.3 is 10.1 Å². The van der Waals surface area contributed by atoms with Crippen LogP contribution in [0.5, 0.6) is 5.75 Å². The standard InChI is InChI=1S/C21H26N2O4S/c1-15-7-10-18(11-8-15)22-21(24)17-9-12-19(27-3)20(14-17)28(25,26)23-13-5-4-6-16(23)2/h7-12,14,16H,4-6,13H2,1-3H3,(H,22,24)/t16-/m0/s1. The normalized spacial score (nSPS) is 17.9. The third-order valence-electron chi connectivity index (χ3n) is 5.06. The summed E-state index contributed by atoms with van der Waals surface area (Å²) in [5.74, 6) is -0.126. The third kappa shape index (κ3) is 4.20. The zero-order valence-corrected chi connectivity index (χ0v) is 17.3. The van der Waals surface area contributed by atoms with E-state index in [-0.39, 0.29) is 28.2 Å². The Kier molecular flexibility index (Phi) is 6.05. The van der Waals surface area contributed by atoms with E-state index in [4.69, 9.17) is 4.74 Å². The van der Waals surface area contributed by atoms with Crippen molar-refractivity contribution in [1.82, 2.24) is 4.31 Å². The van der Waals surface area contributed by atoms with E-state index in [1.807, 2.05) is 38.1 Å². The molecule has 1 saturated heterocycles. The number of ether oxygens (including phenoxy) is 1. The number of hydrogen-bond acceptors (Lipinski definition) is 4. The number of sulfonamides is 1. The van der Waals surface area contributed by atoms with Gasteiger partial charge in [0.1, 0.15) is 10.6 Å². The number of hydrogen-bond donors (Lipinski definition) is 1. The second kappa shape index (κ2) is 8.32. The van der Waals surface area contributed by atoms with Crippen LogP contribution >= 0.6 is 0 Å². The van der Waals surface area contributed by atoms with E-state index >= 15 is 0 Å². The fraction of sp³-hybridized carbons (Fsp3) is 0.381. The number of anilines is 1. The van der Waals surface area contributed by atoms with Crippen LogP contribution in [0, 0.1) is 6.92 Å². The molecule has 7 heteroatoms. The van der Waals surface area contributed by atoms with Gasteiger partial charge in [0.2, 0.25) is 10.0 Å². The fourth-order valence-electron chi connectivity index (χ4n) is 3.41. The number of piperidine rings is 1. The van der Waals surface area contributed by atoms with Crippen molar-refractivity contribution in [3.63, 3.8) is 0 Å². The highest BCUT2D eigenvalue weighted by Crippen LogP contribution is 2.31. The van der Waals surface area contributed by atoms with E-state index in [0.717, 1.165) is 24.8 Å². The molecule has 1 atom stereocenters. The first-order chi connectivity index (χ1) is 13.3. The van der Waals surface area contributed by atoms with E-state index in [9.17, 15) is 13.2 Å². The molecule has 1 amide bonds. The molecule has 1 aliphatic rings. The van der Waals surface area contributed by atoms with E-state index in [0.29, 0.717) is 12.2 Å². The summed E-state index contributed by atoms with van der Waals surface area (Å²) in [7, 11) is -2.33. The van der Waals surface area contributed by atoms with Crippen molar-refractivity contribution in [1.29, 1.82) is 0 Å². The maximum absolute atomic E-state index is 13.3.